The van der Waals surface area contributed by atoms with Crippen LogP contribution in [0.3, 0.4) is 0 Å². The van der Waals surface area contributed by atoms with Crippen LogP contribution in [0.1, 0.15) is 0 Å². The molecular weight excluding hydrogens is 343 g/mol. The van der Waals surface area contributed by atoms with Crippen LogP contribution in [-0.4, -0.2) is 29.7 Å². The van der Waals surface area contributed by atoms with Gasteiger partial charge < -0.3 is 11.1 Å². The van der Waals surface area contributed by atoms with Crippen molar-refractivity contribution in [3.63, 3.8) is 0 Å². The van der Waals surface area contributed by atoms with Crippen molar-refractivity contribution in [2.24, 2.45) is 0 Å². The van der Waals surface area contributed by atoms with Crippen LogP contribution in [0.4, 0.5) is 22.0 Å². The summed E-state index contributed by atoms with van der Waals surface area (Å²) < 4.78 is 14.9. The average Bonchev–Trinajstić information content (AvgIpc) is 2.95. The van der Waals surface area contributed by atoms with Gasteiger partial charge in [-0.2, -0.15) is 24.7 Å². The van der Waals surface area contributed by atoms with E-state index in [0.717, 1.165) is 0 Å². The monoisotopic (exact) mass is 350 g/mol. The van der Waals surface area contributed by atoms with E-state index in [1.165, 1.54) is 29.5 Å². The minimum Gasteiger partial charge on any atom is -0.368 e. The zero-order valence-electron chi connectivity index (χ0n) is 10.4. The molecule has 0 spiro atoms. The zero-order chi connectivity index (χ0) is 14.8. The van der Waals surface area contributed by atoms with Crippen molar-refractivity contribution in [1.82, 2.24) is 29.7 Å². The van der Waals surface area contributed by atoms with Crippen LogP contribution in [0.5, 0.6) is 0 Å². The number of nitrogens with two attached hydrogens (primary N) is 1. The maximum Gasteiger partial charge on any atom is 0.258 e. The molecule has 0 amide bonds. The van der Waals surface area contributed by atoms with Gasteiger partial charge in [-0.05, 0) is 34.1 Å². The molecule has 0 aliphatic carbocycles. The number of halogens is 2. The van der Waals surface area contributed by atoms with E-state index in [-0.39, 0.29) is 23.7 Å². The SMILES string of the molecule is Nc1nc(Nc2ccc(F)cc2Br)nc(-n2cncn2)n1. The van der Waals surface area contributed by atoms with Crippen molar-refractivity contribution < 1.29 is 4.39 Å². The summed E-state index contributed by atoms with van der Waals surface area (Å²) in [5.74, 6) is 0.100. The van der Waals surface area contributed by atoms with E-state index in [4.69, 9.17) is 5.73 Å². The predicted molar refractivity (Wildman–Crippen MR) is 76.5 cm³/mol. The molecule has 0 saturated heterocycles. The van der Waals surface area contributed by atoms with E-state index >= 15 is 0 Å². The minimum absolute atomic E-state index is 0.0243. The van der Waals surface area contributed by atoms with Gasteiger partial charge in [0.15, 0.2) is 0 Å². The van der Waals surface area contributed by atoms with Crippen LogP contribution in [0.2, 0.25) is 0 Å². The normalized spacial score (nSPS) is 10.6. The lowest BCUT2D eigenvalue weighted by Crippen LogP contribution is -2.09. The van der Waals surface area contributed by atoms with Gasteiger partial charge in [0.05, 0.1) is 5.69 Å². The molecule has 106 valence electrons. The van der Waals surface area contributed by atoms with Gasteiger partial charge in [-0.15, -0.1) is 0 Å². The number of benzene rings is 1. The molecule has 0 bridgehead atoms. The number of anilines is 3. The number of nitrogens with one attached hydrogen (secondary N) is 1. The number of rotatable bonds is 3. The molecule has 1 aromatic carbocycles. The van der Waals surface area contributed by atoms with E-state index in [0.29, 0.717) is 10.2 Å². The Labute approximate surface area is 126 Å². The molecule has 0 fully saturated rings. The Bertz CT molecular complexity index is 776. The number of nitrogens with zero attached hydrogens (tertiary/aromatic N) is 6. The first-order valence-electron chi connectivity index (χ1n) is 5.70. The maximum absolute atomic E-state index is 13.1. The number of hydrogen-bond acceptors (Lipinski definition) is 7. The first kappa shape index (κ1) is 13.4. The van der Waals surface area contributed by atoms with Gasteiger partial charge in [0, 0.05) is 4.47 Å². The van der Waals surface area contributed by atoms with Crippen molar-refractivity contribution >= 4 is 33.5 Å². The molecule has 0 saturated carbocycles. The van der Waals surface area contributed by atoms with Crippen LogP contribution in [-0.2, 0) is 0 Å². The Kier molecular flexibility index (Phi) is 3.44. The quantitative estimate of drug-likeness (QED) is 0.739. The topological polar surface area (TPSA) is 107 Å². The van der Waals surface area contributed by atoms with Crippen molar-refractivity contribution in [2.75, 3.05) is 11.1 Å². The molecule has 3 N–H and O–H groups in total. The molecule has 3 rings (SSSR count). The van der Waals surface area contributed by atoms with Gasteiger partial charge in [0.1, 0.15) is 18.5 Å². The van der Waals surface area contributed by atoms with E-state index < -0.39 is 0 Å². The molecule has 8 nitrogen and oxygen atoms in total. The molecule has 2 aromatic heterocycles. The van der Waals surface area contributed by atoms with Crippen LogP contribution in [0.25, 0.3) is 5.95 Å². The minimum atomic E-state index is -0.356. The van der Waals surface area contributed by atoms with Gasteiger partial charge in [0.25, 0.3) is 5.95 Å². The largest absolute Gasteiger partial charge is 0.368 e. The lowest BCUT2D eigenvalue weighted by molar-refractivity contribution is 0.627. The molecule has 0 radical (unpaired) electrons. The number of nitrogen functional groups attached to an aromatic ring is 1. The molecule has 0 unspecified atom stereocenters. The first-order valence-corrected chi connectivity index (χ1v) is 6.50. The zero-order valence-corrected chi connectivity index (χ0v) is 12.0. The third-order valence-electron chi connectivity index (χ3n) is 2.44. The van der Waals surface area contributed by atoms with Crippen LogP contribution in [0, 0.1) is 5.82 Å². The van der Waals surface area contributed by atoms with E-state index in [1.54, 1.807) is 6.07 Å². The van der Waals surface area contributed by atoms with E-state index in [9.17, 15) is 4.39 Å². The van der Waals surface area contributed by atoms with Gasteiger partial charge in [-0.25, -0.2) is 9.37 Å². The molecule has 3 aromatic rings. The Balaban J connectivity index is 1.95. The summed E-state index contributed by atoms with van der Waals surface area (Å²) in [7, 11) is 0. The highest BCUT2D eigenvalue weighted by Crippen LogP contribution is 2.25. The predicted octanol–water partition coefficient (Wildman–Crippen LogP) is 1.68. The third-order valence-corrected chi connectivity index (χ3v) is 3.10. The van der Waals surface area contributed by atoms with E-state index in [2.05, 4.69) is 46.3 Å². The molecule has 10 heteroatoms. The van der Waals surface area contributed by atoms with Crippen LogP contribution < -0.4 is 11.1 Å². The Hall–Kier alpha value is -2.62. The van der Waals surface area contributed by atoms with Gasteiger partial charge in [-0.3, -0.25) is 0 Å². The fourth-order valence-electron chi connectivity index (χ4n) is 1.56. The lowest BCUT2D eigenvalue weighted by atomic mass is 10.3. The highest BCUT2D eigenvalue weighted by Gasteiger charge is 2.09. The Morgan fingerprint density at radius 1 is 1.24 bits per heavy atom. The third kappa shape index (κ3) is 2.94. The fraction of sp³-hybridized carbons (Fsp3) is 0. The van der Waals surface area contributed by atoms with Gasteiger partial charge >= 0.3 is 0 Å². The maximum atomic E-state index is 13.1. The summed E-state index contributed by atoms with van der Waals surface area (Å²) in [6.45, 7) is 0. The summed E-state index contributed by atoms with van der Waals surface area (Å²) in [6.07, 6.45) is 2.79. The Morgan fingerprint density at radius 2 is 2.10 bits per heavy atom. The average molecular weight is 351 g/mol. The number of hydrogen-bond donors (Lipinski definition) is 2. The summed E-state index contributed by atoms with van der Waals surface area (Å²) in [5.41, 5.74) is 6.24. The van der Waals surface area contributed by atoms with Crippen LogP contribution >= 0.6 is 15.9 Å². The lowest BCUT2D eigenvalue weighted by Gasteiger charge is -2.08. The molecule has 2 heterocycles. The molecule has 0 atom stereocenters. The second-order valence-corrected chi connectivity index (χ2v) is 4.76. The highest BCUT2D eigenvalue weighted by atomic mass is 79.9. The molecule has 21 heavy (non-hydrogen) atoms. The molecule has 0 aliphatic heterocycles. The van der Waals surface area contributed by atoms with Crippen molar-refractivity contribution in [1.29, 1.82) is 0 Å². The van der Waals surface area contributed by atoms with Gasteiger partial charge in [0.2, 0.25) is 11.9 Å². The summed E-state index contributed by atoms with van der Waals surface area (Å²) >= 11 is 3.25. The summed E-state index contributed by atoms with van der Waals surface area (Å²) in [5, 5.41) is 6.84. The summed E-state index contributed by atoms with van der Waals surface area (Å²) in [4.78, 5) is 15.9. The van der Waals surface area contributed by atoms with E-state index in [1.807, 2.05) is 0 Å². The standard InChI is InChI=1S/C11H8BrFN8/c12-7-3-6(13)1-2-8(7)17-10-18-9(14)19-11(20-10)21-5-15-4-16-21/h1-5H,(H3,14,17,18,19,20). The smallest absolute Gasteiger partial charge is 0.258 e. The van der Waals surface area contributed by atoms with Gasteiger partial charge in [-0.1, -0.05) is 0 Å². The van der Waals surface area contributed by atoms with Crippen molar-refractivity contribution in [3.05, 3.63) is 41.1 Å². The second-order valence-electron chi connectivity index (χ2n) is 3.91. The Morgan fingerprint density at radius 3 is 2.81 bits per heavy atom. The summed E-state index contributed by atoms with van der Waals surface area (Å²) in [6, 6.07) is 4.19. The highest BCUT2D eigenvalue weighted by molar-refractivity contribution is 9.10. The first-order chi connectivity index (χ1) is 10.1. The fourth-order valence-corrected chi connectivity index (χ4v) is 2.01. The second kappa shape index (κ2) is 5.40. The molecule has 0 aliphatic rings. The van der Waals surface area contributed by atoms with Crippen molar-refractivity contribution in [2.45, 2.75) is 0 Å². The van der Waals surface area contributed by atoms with Crippen LogP contribution in [0.15, 0.2) is 35.3 Å². The molecular formula is C11H8BrFN8. The number of aromatic nitrogens is 6. The van der Waals surface area contributed by atoms with Crippen molar-refractivity contribution in [3.8, 4) is 5.95 Å².